The SMILES string of the molecule is C1CCC(OCCC2CCN2)OC1. The van der Waals surface area contributed by atoms with Crippen LogP contribution in [0.1, 0.15) is 32.1 Å². The van der Waals surface area contributed by atoms with E-state index in [0.717, 1.165) is 26.1 Å². The number of nitrogens with one attached hydrogen (secondary N) is 1. The van der Waals surface area contributed by atoms with Crippen LogP contribution in [0.5, 0.6) is 0 Å². The van der Waals surface area contributed by atoms with Gasteiger partial charge in [0.15, 0.2) is 6.29 Å². The monoisotopic (exact) mass is 185 g/mol. The van der Waals surface area contributed by atoms with Crippen LogP contribution in [-0.4, -0.2) is 32.1 Å². The van der Waals surface area contributed by atoms with Crippen molar-refractivity contribution in [2.24, 2.45) is 0 Å². The van der Waals surface area contributed by atoms with Crippen molar-refractivity contribution in [3.8, 4) is 0 Å². The molecular weight excluding hydrogens is 166 g/mol. The Morgan fingerprint density at radius 1 is 1.31 bits per heavy atom. The predicted octanol–water partition coefficient (Wildman–Crippen LogP) is 1.28. The lowest BCUT2D eigenvalue weighted by Crippen LogP contribution is -2.43. The van der Waals surface area contributed by atoms with E-state index in [2.05, 4.69) is 5.32 Å². The molecule has 2 saturated heterocycles. The Bertz CT molecular complexity index is 142. The standard InChI is InChI=1S/C10H19NO2/c1-2-7-12-10(3-1)13-8-5-9-4-6-11-9/h9-11H,1-8H2. The summed E-state index contributed by atoms with van der Waals surface area (Å²) >= 11 is 0. The topological polar surface area (TPSA) is 30.5 Å². The molecule has 2 rings (SSSR count). The maximum atomic E-state index is 5.63. The molecule has 0 aromatic heterocycles. The molecule has 2 heterocycles. The van der Waals surface area contributed by atoms with E-state index >= 15 is 0 Å². The summed E-state index contributed by atoms with van der Waals surface area (Å²) in [7, 11) is 0. The van der Waals surface area contributed by atoms with E-state index < -0.39 is 0 Å². The third-order valence-corrected chi connectivity index (χ3v) is 2.83. The molecule has 0 amide bonds. The molecule has 3 nitrogen and oxygen atoms in total. The van der Waals surface area contributed by atoms with E-state index in [4.69, 9.17) is 9.47 Å². The largest absolute Gasteiger partial charge is 0.353 e. The lowest BCUT2D eigenvalue weighted by molar-refractivity contribution is -0.163. The third kappa shape index (κ3) is 2.93. The van der Waals surface area contributed by atoms with Gasteiger partial charge >= 0.3 is 0 Å². The normalized spacial score (nSPS) is 34.2. The van der Waals surface area contributed by atoms with E-state index in [1.54, 1.807) is 0 Å². The molecule has 2 aliphatic heterocycles. The summed E-state index contributed by atoms with van der Waals surface area (Å²) in [6.07, 6.45) is 6.08. The minimum Gasteiger partial charge on any atom is -0.353 e. The van der Waals surface area contributed by atoms with Gasteiger partial charge in [-0.3, -0.25) is 0 Å². The molecule has 2 fully saturated rings. The summed E-state index contributed by atoms with van der Waals surface area (Å²) in [6.45, 7) is 2.92. The van der Waals surface area contributed by atoms with Crippen molar-refractivity contribution in [2.75, 3.05) is 19.8 Å². The zero-order chi connectivity index (χ0) is 8.93. The van der Waals surface area contributed by atoms with Crippen LogP contribution in [0, 0.1) is 0 Å². The quantitative estimate of drug-likeness (QED) is 0.715. The first-order valence-electron chi connectivity index (χ1n) is 5.42. The predicted molar refractivity (Wildman–Crippen MR) is 50.6 cm³/mol. The molecule has 2 unspecified atom stereocenters. The molecule has 0 aromatic rings. The highest BCUT2D eigenvalue weighted by Gasteiger charge is 2.18. The Morgan fingerprint density at radius 3 is 2.85 bits per heavy atom. The fourth-order valence-electron chi connectivity index (χ4n) is 1.78. The van der Waals surface area contributed by atoms with Crippen molar-refractivity contribution in [1.29, 1.82) is 0 Å². The third-order valence-electron chi connectivity index (χ3n) is 2.83. The first-order valence-corrected chi connectivity index (χ1v) is 5.42. The molecule has 76 valence electrons. The van der Waals surface area contributed by atoms with E-state index in [1.165, 1.54) is 25.8 Å². The van der Waals surface area contributed by atoms with Gasteiger partial charge in [-0.25, -0.2) is 0 Å². The van der Waals surface area contributed by atoms with Gasteiger partial charge < -0.3 is 14.8 Å². The molecule has 1 N–H and O–H groups in total. The van der Waals surface area contributed by atoms with Gasteiger partial charge in [0.2, 0.25) is 0 Å². The van der Waals surface area contributed by atoms with E-state index in [0.29, 0.717) is 6.04 Å². The number of hydrogen-bond donors (Lipinski definition) is 1. The first-order chi connectivity index (χ1) is 6.45. The summed E-state index contributed by atoms with van der Waals surface area (Å²) in [5.41, 5.74) is 0. The van der Waals surface area contributed by atoms with Gasteiger partial charge in [0.1, 0.15) is 0 Å². The second-order valence-corrected chi connectivity index (χ2v) is 3.90. The Balaban J connectivity index is 1.50. The summed E-state index contributed by atoms with van der Waals surface area (Å²) < 4.78 is 11.1. The van der Waals surface area contributed by atoms with Crippen LogP contribution in [0.4, 0.5) is 0 Å². The highest BCUT2D eigenvalue weighted by molar-refractivity contribution is 4.76. The Morgan fingerprint density at radius 2 is 2.23 bits per heavy atom. The average Bonchev–Trinajstić information content (AvgIpc) is 2.11. The molecule has 0 saturated carbocycles. The highest BCUT2D eigenvalue weighted by atomic mass is 16.7. The average molecular weight is 185 g/mol. The van der Waals surface area contributed by atoms with Gasteiger partial charge in [-0.05, 0) is 38.6 Å². The van der Waals surface area contributed by atoms with E-state index in [1.807, 2.05) is 0 Å². The van der Waals surface area contributed by atoms with Crippen LogP contribution in [0.25, 0.3) is 0 Å². The molecule has 13 heavy (non-hydrogen) atoms. The van der Waals surface area contributed by atoms with Gasteiger partial charge in [-0.1, -0.05) is 0 Å². The van der Waals surface area contributed by atoms with Crippen molar-refractivity contribution >= 4 is 0 Å². The molecular formula is C10H19NO2. The van der Waals surface area contributed by atoms with Crippen molar-refractivity contribution in [3.05, 3.63) is 0 Å². The fourth-order valence-corrected chi connectivity index (χ4v) is 1.78. The van der Waals surface area contributed by atoms with Gasteiger partial charge in [0.25, 0.3) is 0 Å². The van der Waals surface area contributed by atoms with Crippen LogP contribution >= 0.6 is 0 Å². The fraction of sp³-hybridized carbons (Fsp3) is 1.00. The van der Waals surface area contributed by atoms with Gasteiger partial charge in [0.05, 0.1) is 6.61 Å². The summed E-state index contributed by atoms with van der Waals surface area (Å²) in [5.74, 6) is 0. The van der Waals surface area contributed by atoms with Crippen LogP contribution in [0.15, 0.2) is 0 Å². The lowest BCUT2D eigenvalue weighted by atomic mass is 10.0. The molecule has 0 radical (unpaired) electrons. The minimum atomic E-state index is 0.0915. The molecule has 0 aliphatic carbocycles. The Hall–Kier alpha value is -0.120. The lowest BCUT2D eigenvalue weighted by Gasteiger charge is -2.29. The number of ether oxygens (including phenoxy) is 2. The zero-order valence-electron chi connectivity index (χ0n) is 8.13. The van der Waals surface area contributed by atoms with Crippen molar-refractivity contribution in [2.45, 2.75) is 44.4 Å². The molecule has 0 aromatic carbocycles. The van der Waals surface area contributed by atoms with Crippen LogP contribution in [0.3, 0.4) is 0 Å². The highest BCUT2D eigenvalue weighted by Crippen LogP contribution is 2.15. The maximum absolute atomic E-state index is 5.63. The van der Waals surface area contributed by atoms with Gasteiger partial charge in [0, 0.05) is 12.6 Å². The van der Waals surface area contributed by atoms with E-state index in [9.17, 15) is 0 Å². The second-order valence-electron chi connectivity index (χ2n) is 3.90. The number of hydrogen-bond acceptors (Lipinski definition) is 3. The van der Waals surface area contributed by atoms with Crippen LogP contribution in [-0.2, 0) is 9.47 Å². The second kappa shape index (κ2) is 4.94. The summed E-state index contributed by atoms with van der Waals surface area (Å²) in [6, 6.07) is 0.712. The number of rotatable bonds is 4. The Kier molecular flexibility index (Phi) is 3.58. The van der Waals surface area contributed by atoms with Crippen molar-refractivity contribution < 1.29 is 9.47 Å². The Labute approximate surface area is 79.8 Å². The molecule has 2 atom stereocenters. The minimum absolute atomic E-state index is 0.0915. The summed E-state index contributed by atoms with van der Waals surface area (Å²) in [4.78, 5) is 0. The van der Waals surface area contributed by atoms with Crippen molar-refractivity contribution in [3.63, 3.8) is 0 Å². The molecule has 3 heteroatoms. The van der Waals surface area contributed by atoms with Gasteiger partial charge in [-0.2, -0.15) is 0 Å². The van der Waals surface area contributed by atoms with E-state index in [-0.39, 0.29) is 6.29 Å². The first kappa shape index (κ1) is 9.44. The molecule has 0 bridgehead atoms. The van der Waals surface area contributed by atoms with Crippen LogP contribution < -0.4 is 5.32 Å². The van der Waals surface area contributed by atoms with Crippen LogP contribution in [0.2, 0.25) is 0 Å². The van der Waals surface area contributed by atoms with Crippen molar-refractivity contribution in [1.82, 2.24) is 5.32 Å². The maximum Gasteiger partial charge on any atom is 0.157 e. The molecule has 0 spiro atoms. The smallest absolute Gasteiger partial charge is 0.157 e. The molecule has 2 aliphatic rings. The van der Waals surface area contributed by atoms with Gasteiger partial charge in [-0.15, -0.1) is 0 Å². The summed E-state index contributed by atoms with van der Waals surface area (Å²) in [5, 5.41) is 3.36. The zero-order valence-corrected chi connectivity index (χ0v) is 8.13.